The summed E-state index contributed by atoms with van der Waals surface area (Å²) < 4.78 is 4.36. The van der Waals surface area contributed by atoms with Gasteiger partial charge in [0.2, 0.25) is 11.5 Å². The van der Waals surface area contributed by atoms with Crippen LogP contribution >= 0.6 is 0 Å². The molecule has 1 rings (SSSR count). The molecular formula is C6H8O6. The van der Waals surface area contributed by atoms with Crippen molar-refractivity contribution in [2.75, 3.05) is 6.61 Å². The van der Waals surface area contributed by atoms with Gasteiger partial charge in [-0.15, -0.1) is 0 Å². The van der Waals surface area contributed by atoms with Gasteiger partial charge in [-0.3, -0.25) is 4.79 Å². The number of Topliss-reactive ketones (excluding diaryl/α,β-unsaturated/α-hetero) is 1. The summed E-state index contributed by atoms with van der Waals surface area (Å²) in [6.45, 7) is -0.684. The quantitative estimate of drug-likeness (QED) is 0.412. The van der Waals surface area contributed by atoms with Gasteiger partial charge < -0.3 is 25.2 Å². The third kappa shape index (κ3) is 1.21. The Bertz CT molecular complexity index is 232. The molecule has 0 fully saturated rings. The number of rotatable bonds is 2. The maximum absolute atomic E-state index is 10.9. The molecule has 68 valence electrons. The number of carbonyl (C=O) groups is 1. The van der Waals surface area contributed by atoms with Crippen LogP contribution < -0.4 is 0 Å². The van der Waals surface area contributed by atoms with Crippen molar-refractivity contribution in [1.82, 2.24) is 0 Å². The standard InChI is InChI=1S/C6H8O6/c7-1-2(8)5-3(9)4(10)6(11)12-5/h2,5,7-8,10-11H,1H2/t2-,5?/m1/s1. The fraction of sp³-hybridized carbons (Fsp3) is 0.500. The van der Waals surface area contributed by atoms with Crippen LogP contribution in [-0.2, 0) is 9.53 Å². The Hall–Kier alpha value is -1.27. The van der Waals surface area contributed by atoms with E-state index in [4.69, 9.17) is 20.4 Å². The first kappa shape index (κ1) is 8.82. The predicted octanol–water partition coefficient (Wildman–Crippen LogP) is -1.41. The summed E-state index contributed by atoms with van der Waals surface area (Å²) in [5, 5.41) is 34.8. The van der Waals surface area contributed by atoms with Gasteiger partial charge in [-0.1, -0.05) is 0 Å². The highest BCUT2D eigenvalue weighted by Gasteiger charge is 2.40. The summed E-state index contributed by atoms with van der Waals surface area (Å²) in [4.78, 5) is 10.9. The molecule has 0 bridgehead atoms. The number of aliphatic hydroxyl groups excluding tert-OH is 4. The van der Waals surface area contributed by atoms with Gasteiger partial charge in [0.25, 0.3) is 0 Å². The number of hydrogen-bond donors (Lipinski definition) is 4. The van der Waals surface area contributed by atoms with Gasteiger partial charge in [-0.25, -0.2) is 0 Å². The molecule has 2 atom stereocenters. The van der Waals surface area contributed by atoms with Crippen molar-refractivity contribution in [3.05, 3.63) is 11.7 Å². The predicted molar refractivity (Wildman–Crippen MR) is 35.3 cm³/mol. The number of aliphatic hydroxyl groups is 4. The zero-order valence-corrected chi connectivity index (χ0v) is 5.97. The van der Waals surface area contributed by atoms with E-state index in [0.29, 0.717) is 0 Å². The molecular weight excluding hydrogens is 168 g/mol. The number of ketones is 1. The molecule has 0 spiro atoms. The van der Waals surface area contributed by atoms with E-state index in [1.54, 1.807) is 0 Å². The van der Waals surface area contributed by atoms with Crippen molar-refractivity contribution >= 4 is 5.78 Å². The SMILES string of the molecule is O=C1C(O)=C(O)OC1[C@H](O)CO. The lowest BCUT2D eigenvalue weighted by atomic mass is 10.1. The normalized spacial score (nSPS) is 25.8. The van der Waals surface area contributed by atoms with E-state index in [0.717, 1.165) is 0 Å². The van der Waals surface area contributed by atoms with E-state index < -0.39 is 36.3 Å². The van der Waals surface area contributed by atoms with Gasteiger partial charge in [0, 0.05) is 0 Å². The molecule has 0 aromatic carbocycles. The third-order valence-electron chi connectivity index (χ3n) is 1.47. The maximum atomic E-state index is 10.9. The van der Waals surface area contributed by atoms with Crippen LogP contribution in [0.1, 0.15) is 0 Å². The first-order chi connectivity index (χ1) is 5.57. The Kier molecular flexibility index (Phi) is 2.20. The van der Waals surface area contributed by atoms with Gasteiger partial charge in [0.15, 0.2) is 6.10 Å². The van der Waals surface area contributed by atoms with Crippen LogP contribution in [0.4, 0.5) is 0 Å². The van der Waals surface area contributed by atoms with E-state index in [-0.39, 0.29) is 0 Å². The lowest BCUT2D eigenvalue weighted by Gasteiger charge is -2.13. The van der Waals surface area contributed by atoms with Crippen molar-refractivity contribution in [3.8, 4) is 0 Å². The second-order valence-corrected chi connectivity index (χ2v) is 2.31. The van der Waals surface area contributed by atoms with Crippen LogP contribution in [0.15, 0.2) is 11.7 Å². The Morgan fingerprint density at radius 2 is 2.08 bits per heavy atom. The van der Waals surface area contributed by atoms with Gasteiger partial charge in [-0.05, 0) is 0 Å². The average Bonchev–Trinajstić information content (AvgIpc) is 2.32. The lowest BCUT2D eigenvalue weighted by Crippen LogP contribution is -2.35. The minimum Gasteiger partial charge on any atom is -0.499 e. The number of carbonyl (C=O) groups excluding carboxylic acids is 1. The first-order valence-electron chi connectivity index (χ1n) is 3.20. The molecule has 1 heterocycles. The molecule has 1 aliphatic heterocycles. The third-order valence-corrected chi connectivity index (χ3v) is 1.47. The Balaban J connectivity index is 2.73. The van der Waals surface area contributed by atoms with Crippen LogP contribution in [0.2, 0.25) is 0 Å². The summed E-state index contributed by atoms with van der Waals surface area (Å²) in [6, 6.07) is 0. The second kappa shape index (κ2) is 3.00. The minimum atomic E-state index is -1.44. The van der Waals surface area contributed by atoms with Crippen molar-refractivity contribution in [3.63, 3.8) is 0 Å². The average molecular weight is 176 g/mol. The summed E-state index contributed by atoms with van der Waals surface area (Å²) in [6.07, 6.45) is -2.85. The van der Waals surface area contributed by atoms with Crippen LogP contribution in [0, 0.1) is 0 Å². The lowest BCUT2D eigenvalue weighted by molar-refractivity contribution is -0.131. The summed E-state index contributed by atoms with van der Waals surface area (Å²) >= 11 is 0. The van der Waals surface area contributed by atoms with Crippen molar-refractivity contribution in [1.29, 1.82) is 0 Å². The Labute approximate surface area is 67.3 Å². The smallest absolute Gasteiger partial charge is 0.325 e. The topological polar surface area (TPSA) is 107 Å². The van der Waals surface area contributed by atoms with E-state index in [2.05, 4.69) is 4.74 Å². The maximum Gasteiger partial charge on any atom is 0.325 e. The fourth-order valence-electron chi connectivity index (χ4n) is 0.819. The Morgan fingerprint density at radius 1 is 1.50 bits per heavy atom. The molecule has 0 aromatic rings. The van der Waals surface area contributed by atoms with E-state index in [9.17, 15) is 4.79 Å². The molecule has 6 nitrogen and oxygen atoms in total. The monoisotopic (exact) mass is 176 g/mol. The zero-order valence-electron chi connectivity index (χ0n) is 5.97. The van der Waals surface area contributed by atoms with Gasteiger partial charge in [0.1, 0.15) is 6.10 Å². The van der Waals surface area contributed by atoms with Gasteiger partial charge >= 0.3 is 5.95 Å². The van der Waals surface area contributed by atoms with Gasteiger partial charge in [0.05, 0.1) is 6.61 Å². The first-order valence-corrected chi connectivity index (χ1v) is 3.20. The molecule has 12 heavy (non-hydrogen) atoms. The Morgan fingerprint density at radius 3 is 2.42 bits per heavy atom. The summed E-state index contributed by atoms with van der Waals surface area (Å²) in [7, 11) is 0. The highest BCUT2D eigenvalue weighted by molar-refractivity contribution is 5.99. The molecule has 0 saturated carbocycles. The molecule has 1 unspecified atom stereocenters. The molecule has 0 aliphatic carbocycles. The molecule has 0 radical (unpaired) electrons. The highest BCUT2D eigenvalue weighted by atomic mass is 16.6. The van der Waals surface area contributed by atoms with Gasteiger partial charge in [-0.2, -0.15) is 0 Å². The second-order valence-electron chi connectivity index (χ2n) is 2.31. The van der Waals surface area contributed by atoms with Crippen LogP contribution in [0.25, 0.3) is 0 Å². The molecule has 0 amide bonds. The zero-order chi connectivity index (χ0) is 9.30. The van der Waals surface area contributed by atoms with Crippen molar-refractivity contribution in [2.45, 2.75) is 12.2 Å². The number of hydrogen-bond acceptors (Lipinski definition) is 6. The molecule has 0 aromatic heterocycles. The van der Waals surface area contributed by atoms with E-state index in [1.807, 2.05) is 0 Å². The summed E-state index contributed by atoms with van der Waals surface area (Å²) in [5.41, 5.74) is 0. The van der Waals surface area contributed by atoms with E-state index in [1.165, 1.54) is 0 Å². The number of ether oxygens (including phenoxy) is 1. The van der Waals surface area contributed by atoms with Crippen LogP contribution in [0.5, 0.6) is 0 Å². The largest absolute Gasteiger partial charge is 0.499 e. The van der Waals surface area contributed by atoms with Crippen LogP contribution in [0.3, 0.4) is 0 Å². The van der Waals surface area contributed by atoms with Crippen molar-refractivity contribution < 1.29 is 30.0 Å². The van der Waals surface area contributed by atoms with Crippen molar-refractivity contribution in [2.24, 2.45) is 0 Å². The molecule has 1 aliphatic rings. The van der Waals surface area contributed by atoms with Crippen LogP contribution in [-0.4, -0.2) is 45.0 Å². The minimum absolute atomic E-state index is 0.684. The molecule has 0 saturated heterocycles. The van der Waals surface area contributed by atoms with E-state index >= 15 is 0 Å². The molecule has 4 N–H and O–H groups in total. The fourth-order valence-corrected chi connectivity index (χ4v) is 0.819. The molecule has 6 heteroatoms. The highest BCUT2D eigenvalue weighted by Crippen LogP contribution is 2.19. The summed E-state index contributed by atoms with van der Waals surface area (Å²) in [5.74, 6) is -2.78.